The number of halogens is 7. The Bertz CT molecular complexity index is 536. The second-order valence-electron chi connectivity index (χ2n) is 5.85. The van der Waals surface area contributed by atoms with Gasteiger partial charge < -0.3 is 9.64 Å². The fraction of sp³-hybridized carbons (Fsp3) is 0.600. The van der Waals surface area contributed by atoms with Crippen LogP contribution in [0.5, 0.6) is 0 Å². The van der Waals surface area contributed by atoms with Gasteiger partial charge in [0.15, 0.2) is 0 Å². The minimum atomic E-state index is -6.12. The van der Waals surface area contributed by atoms with Crippen molar-refractivity contribution in [2.45, 2.75) is 37.0 Å². The number of hydrogen-bond acceptors (Lipinski definition) is 2. The first kappa shape index (κ1) is 20.5. The van der Waals surface area contributed by atoms with Crippen LogP contribution in [-0.4, -0.2) is 39.2 Å². The maximum Gasteiger partial charge on any atom is 0.431 e. The minimum absolute atomic E-state index is 0.00567. The molecule has 0 fully saturated rings. The molecule has 1 rings (SSSR count). The van der Waals surface area contributed by atoms with E-state index in [1.807, 2.05) is 0 Å². The molecule has 0 spiro atoms. The largest absolute Gasteiger partial charge is 0.431 e. The third-order valence-corrected chi connectivity index (χ3v) is 3.92. The highest BCUT2D eigenvalue weighted by atomic mass is 19.4. The Morgan fingerprint density at radius 2 is 1.29 bits per heavy atom. The van der Waals surface area contributed by atoms with Crippen molar-refractivity contribution >= 4 is 5.69 Å². The van der Waals surface area contributed by atoms with Crippen LogP contribution in [0.15, 0.2) is 24.3 Å². The molecule has 0 N–H and O–H groups in total. The van der Waals surface area contributed by atoms with Crippen molar-refractivity contribution in [3.8, 4) is 0 Å². The molecule has 0 radical (unpaired) electrons. The molecule has 0 saturated carbocycles. The van der Waals surface area contributed by atoms with Gasteiger partial charge in [0.25, 0.3) is 0 Å². The number of nitrogens with zero attached hydrogens (tertiary/aromatic N) is 1. The Labute approximate surface area is 135 Å². The zero-order valence-corrected chi connectivity index (χ0v) is 13.5. The Hall–Kier alpha value is -1.51. The van der Waals surface area contributed by atoms with Crippen molar-refractivity contribution < 1.29 is 35.5 Å². The highest BCUT2D eigenvalue weighted by molar-refractivity contribution is 5.47. The molecule has 0 amide bonds. The summed E-state index contributed by atoms with van der Waals surface area (Å²) in [6, 6.07) is 5.61. The number of anilines is 1. The minimum Gasteiger partial charge on any atom is -0.378 e. The molecule has 1 aromatic rings. The third kappa shape index (κ3) is 3.76. The normalized spacial score (nSPS) is 16.0. The lowest BCUT2D eigenvalue weighted by Gasteiger charge is -2.38. The second-order valence-corrected chi connectivity index (χ2v) is 5.85. The fourth-order valence-electron chi connectivity index (χ4n) is 2.23. The molecule has 1 unspecified atom stereocenters. The fourth-order valence-corrected chi connectivity index (χ4v) is 2.23. The zero-order valence-electron chi connectivity index (χ0n) is 13.5. The summed E-state index contributed by atoms with van der Waals surface area (Å²) in [5.74, 6) is 0. The maximum atomic E-state index is 14.0. The molecule has 1 aromatic carbocycles. The molecule has 0 aliphatic carbocycles. The van der Waals surface area contributed by atoms with E-state index < -0.39 is 30.0 Å². The Morgan fingerprint density at radius 1 is 0.875 bits per heavy atom. The van der Waals surface area contributed by atoms with E-state index in [2.05, 4.69) is 0 Å². The van der Waals surface area contributed by atoms with E-state index >= 15 is 0 Å². The lowest BCUT2D eigenvalue weighted by Crippen LogP contribution is -2.56. The van der Waals surface area contributed by atoms with Crippen molar-refractivity contribution in [2.24, 2.45) is 0 Å². The smallest absolute Gasteiger partial charge is 0.378 e. The summed E-state index contributed by atoms with van der Waals surface area (Å²) in [6.07, 6.45) is -14.2. The first-order valence-electron chi connectivity index (χ1n) is 6.83. The van der Waals surface area contributed by atoms with Crippen LogP contribution in [0.3, 0.4) is 0 Å². The zero-order chi connectivity index (χ0) is 19.0. The van der Waals surface area contributed by atoms with Gasteiger partial charge in [-0.2, -0.15) is 26.3 Å². The average Bonchev–Trinajstić information content (AvgIpc) is 2.44. The molecular formula is C15H18F7NO. The molecule has 138 valence electrons. The lowest BCUT2D eigenvalue weighted by molar-refractivity contribution is -0.353. The van der Waals surface area contributed by atoms with Gasteiger partial charge in [-0.3, -0.25) is 0 Å². The van der Waals surface area contributed by atoms with Crippen LogP contribution in [0.25, 0.3) is 0 Å². The summed E-state index contributed by atoms with van der Waals surface area (Å²) >= 11 is 0. The Balaban J connectivity index is 3.32. The summed E-state index contributed by atoms with van der Waals surface area (Å²) in [4.78, 5) is 1.69. The van der Waals surface area contributed by atoms with Gasteiger partial charge in [0, 0.05) is 33.3 Å². The van der Waals surface area contributed by atoms with E-state index in [1.54, 1.807) is 19.0 Å². The SMILES string of the molecule is COC(C)(CC(F)(C(F)(F)F)C(F)(F)F)c1ccc(N(C)C)cc1. The molecular weight excluding hydrogens is 343 g/mol. The van der Waals surface area contributed by atoms with Crippen LogP contribution in [0.4, 0.5) is 36.4 Å². The van der Waals surface area contributed by atoms with Crippen LogP contribution in [-0.2, 0) is 10.3 Å². The van der Waals surface area contributed by atoms with Gasteiger partial charge in [-0.05, 0) is 24.6 Å². The van der Waals surface area contributed by atoms with Crippen LogP contribution < -0.4 is 4.90 Å². The molecule has 1 atom stereocenters. The Kier molecular flexibility index (Phi) is 5.49. The molecule has 0 aliphatic heterocycles. The van der Waals surface area contributed by atoms with E-state index in [-0.39, 0.29) is 5.56 Å². The lowest BCUT2D eigenvalue weighted by atomic mass is 9.83. The van der Waals surface area contributed by atoms with E-state index in [0.717, 1.165) is 14.0 Å². The standard InChI is InChI=1S/C15H18F7NO/c1-12(24-4,10-5-7-11(8-6-10)23(2)3)9-13(16,14(17,18)19)15(20,21)22/h5-8H,9H2,1-4H3. The van der Waals surface area contributed by atoms with Gasteiger partial charge in [0.2, 0.25) is 0 Å². The van der Waals surface area contributed by atoms with Crippen LogP contribution in [0.2, 0.25) is 0 Å². The highest BCUT2D eigenvalue weighted by Gasteiger charge is 2.74. The van der Waals surface area contributed by atoms with E-state index in [4.69, 9.17) is 4.74 Å². The first-order chi connectivity index (χ1) is 10.7. The summed E-state index contributed by atoms with van der Waals surface area (Å²) < 4.78 is 95.7. The molecule has 9 heteroatoms. The number of ether oxygens (including phenoxy) is 1. The Morgan fingerprint density at radius 3 is 1.58 bits per heavy atom. The summed E-state index contributed by atoms with van der Waals surface area (Å²) in [7, 11) is 4.36. The molecule has 0 aromatic heterocycles. The molecule has 2 nitrogen and oxygen atoms in total. The van der Waals surface area contributed by atoms with Gasteiger partial charge in [-0.15, -0.1) is 0 Å². The maximum absolute atomic E-state index is 14.0. The average molecular weight is 361 g/mol. The van der Waals surface area contributed by atoms with E-state index in [0.29, 0.717) is 5.69 Å². The number of alkyl halides is 7. The van der Waals surface area contributed by atoms with Gasteiger partial charge in [-0.25, -0.2) is 4.39 Å². The van der Waals surface area contributed by atoms with Crippen LogP contribution in [0, 0.1) is 0 Å². The van der Waals surface area contributed by atoms with Gasteiger partial charge in [-0.1, -0.05) is 12.1 Å². The number of rotatable bonds is 5. The van der Waals surface area contributed by atoms with Gasteiger partial charge >= 0.3 is 18.0 Å². The highest BCUT2D eigenvalue weighted by Crippen LogP contribution is 2.52. The molecule has 0 bridgehead atoms. The molecule has 0 aliphatic rings. The number of methoxy groups -OCH3 is 1. The molecule has 0 heterocycles. The summed E-state index contributed by atoms with van der Waals surface area (Å²) in [5.41, 5.74) is -6.82. The predicted molar refractivity (Wildman–Crippen MR) is 75.7 cm³/mol. The first-order valence-corrected chi connectivity index (χ1v) is 6.83. The predicted octanol–water partition coefficient (Wildman–Crippen LogP) is 4.84. The molecule has 24 heavy (non-hydrogen) atoms. The van der Waals surface area contributed by atoms with Crippen molar-refractivity contribution in [3.63, 3.8) is 0 Å². The summed E-state index contributed by atoms with van der Waals surface area (Å²) in [6.45, 7) is 0.990. The van der Waals surface area contributed by atoms with Crippen LogP contribution in [0.1, 0.15) is 18.9 Å². The van der Waals surface area contributed by atoms with Gasteiger partial charge in [0.05, 0.1) is 5.60 Å². The second kappa shape index (κ2) is 6.42. The molecule has 0 saturated heterocycles. The van der Waals surface area contributed by atoms with Crippen LogP contribution >= 0.6 is 0 Å². The van der Waals surface area contributed by atoms with Crippen molar-refractivity contribution in [1.29, 1.82) is 0 Å². The van der Waals surface area contributed by atoms with Gasteiger partial charge in [0.1, 0.15) is 0 Å². The number of benzene rings is 1. The van der Waals surface area contributed by atoms with Crippen molar-refractivity contribution in [1.82, 2.24) is 0 Å². The topological polar surface area (TPSA) is 12.5 Å². The monoisotopic (exact) mass is 361 g/mol. The quantitative estimate of drug-likeness (QED) is 0.696. The third-order valence-electron chi connectivity index (χ3n) is 3.92. The van der Waals surface area contributed by atoms with E-state index in [1.165, 1.54) is 24.3 Å². The number of hydrogen-bond donors (Lipinski definition) is 0. The van der Waals surface area contributed by atoms with Crippen molar-refractivity contribution in [2.75, 3.05) is 26.1 Å². The van der Waals surface area contributed by atoms with Crippen molar-refractivity contribution in [3.05, 3.63) is 29.8 Å². The summed E-state index contributed by atoms with van der Waals surface area (Å²) in [5, 5.41) is 0. The van der Waals surface area contributed by atoms with E-state index in [9.17, 15) is 30.7 Å².